The first kappa shape index (κ1) is 19.3. The van der Waals surface area contributed by atoms with Crippen molar-refractivity contribution in [2.75, 3.05) is 18.2 Å². The third-order valence-electron chi connectivity index (χ3n) is 3.43. The number of carbonyl (C=O) groups excluding carboxylic acids is 1. The van der Waals surface area contributed by atoms with E-state index in [1.807, 2.05) is 42.6 Å². The molecular formula is C17H15N5O2S3. The van der Waals surface area contributed by atoms with Gasteiger partial charge in [-0.1, -0.05) is 35.2 Å². The average molecular weight is 418 g/mol. The molecule has 27 heavy (non-hydrogen) atoms. The summed E-state index contributed by atoms with van der Waals surface area (Å²) >= 11 is 3.93. The Kier molecular flexibility index (Phi) is 6.39. The minimum atomic E-state index is -0.838. The second-order valence-electron chi connectivity index (χ2n) is 5.34. The number of nitrogens with one attached hydrogen (secondary N) is 1. The van der Waals surface area contributed by atoms with Gasteiger partial charge in [0.15, 0.2) is 16.0 Å². The number of ketones is 1. The van der Waals surface area contributed by atoms with Crippen LogP contribution < -0.4 is 10.1 Å². The zero-order valence-corrected chi connectivity index (χ0v) is 17.0. The Balaban J connectivity index is 1.61. The lowest BCUT2D eigenvalue weighted by Crippen LogP contribution is -2.13. The number of aryl methyl sites for hydroxylation is 1. The normalized spacial score (nSPS) is 11.6. The summed E-state index contributed by atoms with van der Waals surface area (Å²) in [5.41, 5.74) is 1.60. The van der Waals surface area contributed by atoms with E-state index in [1.165, 1.54) is 34.4 Å². The van der Waals surface area contributed by atoms with Gasteiger partial charge in [-0.3, -0.25) is 4.79 Å². The lowest BCUT2D eigenvalue weighted by atomic mass is 10.1. The summed E-state index contributed by atoms with van der Waals surface area (Å²) in [6.45, 7) is 1.84. The molecule has 0 spiro atoms. The maximum atomic E-state index is 12.4. The van der Waals surface area contributed by atoms with Crippen LogP contribution in [0.2, 0.25) is 0 Å². The van der Waals surface area contributed by atoms with Crippen LogP contribution in [0.3, 0.4) is 0 Å². The Morgan fingerprint density at radius 3 is 2.93 bits per heavy atom. The number of anilines is 2. The summed E-state index contributed by atoms with van der Waals surface area (Å²) in [6, 6.07) is 9.54. The topological polar surface area (TPSA) is 101 Å². The van der Waals surface area contributed by atoms with Crippen molar-refractivity contribution in [3.63, 3.8) is 0 Å². The quantitative estimate of drug-likeness (QED) is 0.548. The third-order valence-corrected chi connectivity index (χ3v) is 6.45. The molecule has 0 aliphatic rings. The highest BCUT2D eigenvalue weighted by Gasteiger charge is 2.23. The number of carbonyl (C=O) groups is 1. The Labute approximate surface area is 168 Å². The smallest absolute Gasteiger partial charge is 0.210 e. The first-order valence-electron chi connectivity index (χ1n) is 7.81. The van der Waals surface area contributed by atoms with Crippen molar-refractivity contribution in [1.82, 2.24) is 15.2 Å². The molecule has 1 atom stereocenters. The van der Waals surface area contributed by atoms with Crippen LogP contribution in [0.5, 0.6) is 5.75 Å². The van der Waals surface area contributed by atoms with Gasteiger partial charge in [-0.05, 0) is 19.1 Å². The molecule has 1 N–H and O–H groups in total. The first-order chi connectivity index (χ1) is 13.1. The van der Waals surface area contributed by atoms with Crippen molar-refractivity contribution in [2.24, 2.45) is 0 Å². The van der Waals surface area contributed by atoms with Crippen LogP contribution in [0.25, 0.3) is 0 Å². The number of nitrogens with zero attached hydrogens (tertiary/aromatic N) is 4. The van der Waals surface area contributed by atoms with E-state index in [0.29, 0.717) is 20.2 Å². The van der Waals surface area contributed by atoms with E-state index < -0.39 is 5.92 Å². The van der Waals surface area contributed by atoms with Crippen molar-refractivity contribution in [3.8, 4) is 11.8 Å². The molecule has 0 unspecified atom stereocenters. The molecule has 0 saturated carbocycles. The number of para-hydroxylation sites is 2. The van der Waals surface area contributed by atoms with Crippen molar-refractivity contribution in [1.29, 1.82) is 5.26 Å². The van der Waals surface area contributed by atoms with Gasteiger partial charge in [0.25, 0.3) is 0 Å². The van der Waals surface area contributed by atoms with E-state index in [1.54, 1.807) is 7.11 Å². The molecule has 0 saturated heterocycles. The molecule has 7 nitrogen and oxygen atoms in total. The summed E-state index contributed by atoms with van der Waals surface area (Å²) in [4.78, 5) is 16.6. The zero-order valence-electron chi connectivity index (χ0n) is 14.5. The number of thiazole rings is 1. The maximum absolute atomic E-state index is 12.4. The molecule has 0 fully saturated rings. The van der Waals surface area contributed by atoms with Crippen LogP contribution in [0.15, 0.2) is 34.0 Å². The van der Waals surface area contributed by atoms with Gasteiger partial charge in [0, 0.05) is 11.1 Å². The van der Waals surface area contributed by atoms with Crippen molar-refractivity contribution in [3.05, 3.63) is 40.3 Å². The number of methoxy groups -OCH3 is 1. The van der Waals surface area contributed by atoms with Crippen LogP contribution >= 0.6 is 34.4 Å². The summed E-state index contributed by atoms with van der Waals surface area (Å²) in [5, 5.41) is 23.6. The predicted octanol–water partition coefficient (Wildman–Crippen LogP) is 4.02. The van der Waals surface area contributed by atoms with Crippen LogP contribution in [-0.4, -0.2) is 33.8 Å². The van der Waals surface area contributed by atoms with Crippen LogP contribution in [-0.2, 0) is 4.79 Å². The number of aromatic nitrogens is 3. The van der Waals surface area contributed by atoms with Crippen molar-refractivity contribution >= 4 is 51.0 Å². The highest BCUT2D eigenvalue weighted by molar-refractivity contribution is 8.01. The first-order valence-corrected chi connectivity index (χ1v) is 10.5. The number of benzene rings is 1. The van der Waals surface area contributed by atoms with Crippen molar-refractivity contribution < 1.29 is 9.53 Å². The number of nitriles is 1. The maximum Gasteiger partial charge on any atom is 0.210 e. The molecule has 2 heterocycles. The summed E-state index contributed by atoms with van der Waals surface area (Å²) < 4.78 is 5.94. The number of hydrogen-bond acceptors (Lipinski definition) is 10. The Morgan fingerprint density at radius 2 is 2.22 bits per heavy atom. The SMILES string of the molecule is COc1ccccc1Nc1nnc(SCC(=O)[C@H](C#N)c2nc(C)cs2)s1. The van der Waals surface area contributed by atoms with Gasteiger partial charge in [0.05, 0.1) is 24.6 Å². The van der Waals surface area contributed by atoms with E-state index >= 15 is 0 Å². The second-order valence-corrected chi connectivity index (χ2v) is 8.43. The molecule has 3 rings (SSSR count). The number of rotatable bonds is 8. The van der Waals surface area contributed by atoms with Gasteiger partial charge < -0.3 is 10.1 Å². The molecule has 138 valence electrons. The average Bonchev–Trinajstić information content (AvgIpc) is 3.30. The number of hydrogen-bond donors (Lipinski definition) is 1. The summed E-state index contributed by atoms with van der Waals surface area (Å²) in [5.74, 6) is -0.186. The molecule has 0 radical (unpaired) electrons. The Morgan fingerprint density at radius 1 is 1.41 bits per heavy atom. The van der Waals surface area contributed by atoms with E-state index in [4.69, 9.17) is 4.74 Å². The fourth-order valence-corrected chi connectivity index (χ4v) is 4.70. The van der Waals surface area contributed by atoms with Crippen molar-refractivity contribution in [2.45, 2.75) is 17.2 Å². The Bertz CT molecular complexity index is 979. The minimum absolute atomic E-state index is 0.139. The third kappa shape index (κ3) is 4.82. The van der Waals surface area contributed by atoms with E-state index in [0.717, 1.165) is 11.4 Å². The molecule has 3 aromatic rings. The lowest BCUT2D eigenvalue weighted by molar-refractivity contribution is -0.116. The molecule has 2 aromatic heterocycles. The van der Waals surface area contributed by atoms with E-state index in [2.05, 4.69) is 20.5 Å². The molecular weight excluding hydrogens is 402 g/mol. The van der Waals surface area contributed by atoms with Gasteiger partial charge in [0.1, 0.15) is 10.8 Å². The monoisotopic (exact) mass is 417 g/mol. The van der Waals surface area contributed by atoms with E-state index in [-0.39, 0.29) is 11.5 Å². The predicted molar refractivity (Wildman–Crippen MR) is 107 cm³/mol. The highest BCUT2D eigenvalue weighted by Crippen LogP contribution is 2.32. The van der Waals surface area contributed by atoms with Crippen LogP contribution in [0, 0.1) is 18.3 Å². The fraction of sp³-hybridized carbons (Fsp3) is 0.235. The van der Waals surface area contributed by atoms with Crippen LogP contribution in [0.1, 0.15) is 16.6 Å². The van der Waals surface area contributed by atoms with Gasteiger partial charge in [0.2, 0.25) is 5.13 Å². The zero-order chi connectivity index (χ0) is 19.2. The lowest BCUT2D eigenvalue weighted by Gasteiger charge is -2.07. The standard InChI is InChI=1S/C17H15N5O2S3/c1-10-8-25-15(19-10)11(7-18)13(23)9-26-17-22-21-16(27-17)20-12-5-3-4-6-14(12)24-2/h3-6,8,11H,9H2,1-2H3,(H,20,21)/t11-/m0/s1. The fourth-order valence-electron chi connectivity index (χ4n) is 2.17. The van der Waals surface area contributed by atoms with Gasteiger partial charge >= 0.3 is 0 Å². The molecule has 0 bridgehead atoms. The summed E-state index contributed by atoms with van der Waals surface area (Å²) in [7, 11) is 1.60. The van der Waals surface area contributed by atoms with Crippen LogP contribution in [0.4, 0.5) is 10.8 Å². The molecule has 10 heteroatoms. The minimum Gasteiger partial charge on any atom is -0.495 e. The summed E-state index contributed by atoms with van der Waals surface area (Å²) in [6.07, 6.45) is 0. The Hall–Kier alpha value is -2.48. The molecule has 1 aromatic carbocycles. The van der Waals surface area contributed by atoms with E-state index in [9.17, 15) is 10.1 Å². The number of ether oxygens (including phenoxy) is 1. The van der Waals surface area contributed by atoms with Gasteiger partial charge in [-0.25, -0.2) is 4.98 Å². The van der Waals surface area contributed by atoms with Gasteiger partial charge in [-0.2, -0.15) is 5.26 Å². The second kappa shape index (κ2) is 8.94. The van der Waals surface area contributed by atoms with Gasteiger partial charge in [-0.15, -0.1) is 21.5 Å². The largest absolute Gasteiger partial charge is 0.495 e. The number of Topliss-reactive ketones (excluding diaryl/α,β-unsaturated/α-hetero) is 1. The molecule has 0 amide bonds. The number of thioether (sulfide) groups is 1. The molecule has 0 aliphatic heterocycles. The highest BCUT2D eigenvalue weighted by atomic mass is 32.2. The molecule has 0 aliphatic carbocycles.